The van der Waals surface area contributed by atoms with Gasteiger partial charge in [-0.3, -0.25) is 4.90 Å². The van der Waals surface area contributed by atoms with Crippen LogP contribution in [-0.4, -0.2) is 41.8 Å². The van der Waals surface area contributed by atoms with Crippen molar-refractivity contribution in [2.45, 2.75) is 31.8 Å². The third-order valence-electron chi connectivity index (χ3n) is 5.41. The van der Waals surface area contributed by atoms with Crippen molar-refractivity contribution in [2.75, 3.05) is 26.3 Å². The molecular formula is C21H26N2O. The van der Waals surface area contributed by atoms with Crippen LogP contribution >= 0.6 is 0 Å². The van der Waals surface area contributed by atoms with Crippen LogP contribution in [0.25, 0.3) is 11.3 Å². The van der Waals surface area contributed by atoms with Gasteiger partial charge in [0, 0.05) is 37.1 Å². The number of hydrogen-bond donors (Lipinski definition) is 0. The van der Waals surface area contributed by atoms with Gasteiger partial charge in [-0.25, -0.2) is 0 Å². The summed E-state index contributed by atoms with van der Waals surface area (Å²) in [4.78, 5) is 2.62. The van der Waals surface area contributed by atoms with Crippen molar-refractivity contribution in [1.82, 2.24) is 9.47 Å². The Labute approximate surface area is 144 Å². The Kier molecular flexibility index (Phi) is 4.54. The normalized spacial score (nSPS) is 21.4. The predicted octanol–water partition coefficient (Wildman–Crippen LogP) is 3.53. The van der Waals surface area contributed by atoms with Crippen LogP contribution in [0.3, 0.4) is 0 Å². The van der Waals surface area contributed by atoms with Crippen molar-refractivity contribution >= 4 is 0 Å². The molecule has 1 aromatic carbocycles. The summed E-state index contributed by atoms with van der Waals surface area (Å²) in [5.41, 5.74) is 5.68. The maximum absolute atomic E-state index is 5.52. The minimum atomic E-state index is 0.671. The first-order valence-corrected chi connectivity index (χ1v) is 9.06. The predicted molar refractivity (Wildman–Crippen MR) is 98.3 cm³/mol. The lowest BCUT2D eigenvalue weighted by atomic mass is 9.91. The van der Waals surface area contributed by atoms with E-state index >= 15 is 0 Å². The fourth-order valence-electron chi connectivity index (χ4n) is 4.22. The average molecular weight is 322 g/mol. The number of allylic oxidation sites excluding steroid dienone is 1. The van der Waals surface area contributed by atoms with E-state index in [1.54, 1.807) is 0 Å². The highest BCUT2D eigenvalue weighted by molar-refractivity contribution is 5.63. The maximum Gasteiger partial charge on any atom is 0.0594 e. The number of hydrogen-bond acceptors (Lipinski definition) is 2. The fourth-order valence-corrected chi connectivity index (χ4v) is 4.22. The summed E-state index contributed by atoms with van der Waals surface area (Å²) >= 11 is 0. The zero-order valence-corrected chi connectivity index (χ0v) is 14.3. The van der Waals surface area contributed by atoms with Crippen LogP contribution in [0.5, 0.6) is 0 Å². The molecule has 3 heteroatoms. The molecule has 1 aliphatic carbocycles. The second-order valence-corrected chi connectivity index (χ2v) is 6.81. The standard InChI is InChI=1S/C21H26N2O/c1-2-10-23-20-9-8-19(22-11-13-24-14-12-22)15-18(20)16-21(23)17-6-4-3-5-7-17/h2-7,16,19H,1,8-15H2. The van der Waals surface area contributed by atoms with Crippen LogP contribution in [0, 0.1) is 0 Å². The number of morpholine rings is 1. The number of aromatic nitrogens is 1. The summed E-state index contributed by atoms with van der Waals surface area (Å²) in [6.45, 7) is 8.79. The lowest BCUT2D eigenvalue weighted by Crippen LogP contribution is -2.45. The lowest BCUT2D eigenvalue weighted by Gasteiger charge is -2.36. The van der Waals surface area contributed by atoms with E-state index in [2.05, 4.69) is 52.4 Å². The van der Waals surface area contributed by atoms with Gasteiger partial charge in [-0.2, -0.15) is 0 Å². The summed E-state index contributed by atoms with van der Waals surface area (Å²) < 4.78 is 7.98. The highest BCUT2D eigenvalue weighted by Crippen LogP contribution is 2.32. The SMILES string of the molecule is C=CCn1c(-c2ccccc2)cc2c1CCC(N1CCOCC1)C2. The fraction of sp³-hybridized carbons (Fsp3) is 0.429. The molecule has 0 saturated carbocycles. The quantitative estimate of drug-likeness (QED) is 0.801. The first-order chi connectivity index (χ1) is 11.9. The van der Waals surface area contributed by atoms with Crippen LogP contribution < -0.4 is 0 Å². The molecule has 1 aliphatic heterocycles. The number of rotatable bonds is 4. The van der Waals surface area contributed by atoms with Gasteiger partial charge in [0.25, 0.3) is 0 Å². The number of nitrogens with zero attached hydrogens (tertiary/aromatic N) is 2. The molecule has 1 atom stereocenters. The van der Waals surface area contributed by atoms with Crippen molar-refractivity contribution < 1.29 is 4.74 Å². The second-order valence-electron chi connectivity index (χ2n) is 6.81. The van der Waals surface area contributed by atoms with E-state index in [9.17, 15) is 0 Å². The molecular weight excluding hydrogens is 296 g/mol. The highest BCUT2D eigenvalue weighted by atomic mass is 16.5. The largest absolute Gasteiger partial charge is 0.379 e. The van der Waals surface area contributed by atoms with Gasteiger partial charge in [-0.1, -0.05) is 36.4 Å². The van der Waals surface area contributed by atoms with Crippen LogP contribution in [0.1, 0.15) is 17.7 Å². The van der Waals surface area contributed by atoms with Crippen LogP contribution in [0.4, 0.5) is 0 Å². The molecule has 3 nitrogen and oxygen atoms in total. The van der Waals surface area contributed by atoms with E-state index < -0.39 is 0 Å². The highest BCUT2D eigenvalue weighted by Gasteiger charge is 2.28. The van der Waals surface area contributed by atoms with Crippen molar-refractivity contribution in [2.24, 2.45) is 0 Å². The Morgan fingerprint density at radius 3 is 2.71 bits per heavy atom. The van der Waals surface area contributed by atoms with Crippen molar-refractivity contribution in [3.05, 3.63) is 60.3 Å². The van der Waals surface area contributed by atoms with Crippen LogP contribution in [-0.2, 0) is 24.1 Å². The third-order valence-corrected chi connectivity index (χ3v) is 5.41. The zero-order valence-electron chi connectivity index (χ0n) is 14.3. The molecule has 2 aromatic rings. The van der Waals surface area contributed by atoms with Gasteiger partial charge in [0.2, 0.25) is 0 Å². The maximum atomic E-state index is 5.52. The number of fused-ring (bicyclic) bond motifs is 1. The molecule has 1 unspecified atom stereocenters. The summed E-state index contributed by atoms with van der Waals surface area (Å²) in [6, 6.07) is 13.8. The molecule has 1 aromatic heterocycles. The minimum Gasteiger partial charge on any atom is -0.379 e. The van der Waals surface area contributed by atoms with Gasteiger partial charge in [0.05, 0.1) is 13.2 Å². The van der Waals surface area contributed by atoms with Gasteiger partial charge < -0.3 is 9.30 Å². The summed E-state index contributed by atoms with van der Waals surface area (Å²) in [6.07, 6.45) is 5.60. The van der Waals surface area contributed by atoms with E-state index in [-0.39, 0.29) is 0 Å². The van der Waals surface area contributed by atoms with E-state index in [0.717, 1.165) is 39.3 Å². The van der Waals surface area contributed by atoms with Crippen molar-refractivity contribution in [3.8, 4) is 11.3 Å². The Bertz CT molecular complexity index is 698. The van der Waals surface area contributed by atoms with E-state index in [1.807, 2.05) is 6.08 Å². The third kappa shape index (κ3) is 2.94. The molecule has 4 rings (SSSR count). The first kappa shape index (κ1) is 15.7. The molecule has 126 valence electrons. The summed E-state index contributed by atoms with van der Waals surface area (Å²) in [5, 5.41) is 0. The number of ether oxygens (including phenoxy) is 1. The van der Waals surface area contributed by atoms with E-state index in [0.29, 0.717) is 6.04 Å². The van der Waals surface area contributed by atoms with E-state index in [4.69, 9.17) is 4.74 Å². The topological polar surface area (TPSA) is 17.4 Å². The Balaban J connectivity index is 1.65. The molecule has 2 aliphatic rings. The lowest BCUT2D eigenvalue weighted by molar-refractivity contribution is 0.0136. The van der Waals surface area contributed by atoms with Gasteiger partial charge in [-0.05, 0) is 36.5 Å². The Hall–Kier alpha value is -1.84. The molecule has 0 bridgehead atoms. The monoisotopic (exact) mass is 322 g/mol. The average Bonchev–Trinajstić information content (AvgIpc) is 3.01. The molecule has 0 spiro atoms. The van der Waals surface area contributed by atoms with Crippen LogP contribution in [0.2, 0.25) is 0 Å². The van der Waals surface area contributed by atoms with Gasteiger partial charge >= 0.3 is 0 Å². The van der Waals surface area contributed by atoms with Gasteiger partial charge in [-0.15, -0.1) is 6.58 Å². The Morgan fingerprint density at radius 2 is 1.96 bits per heavy atom. The minimum absolute atomic E-state index is 0.671. The van der Waals surface area contributed by atoms with Crippen LogP contribution in [0.15, 0.2) is 49.1 Å². The molecule has 0 radical (unpaired) electrons. The molecule has 0 N–H and O–H groups in total. The molecule has 2 heterocycles. The zero-order chi connectivity index (χ0) is 16.4. The molecule has 24 heavy (non-hydrogen) atoms. The molecule has 0 amide bonds. The van der Waals surface area contributed by atoms with Gasteiger partial charge in [0.15, 0.2) is 0 Å². The Morgan fingerprint density at radius 1 is 1.17 bits per heavy atom. The summed E-state index contributed by atoms with van der Waals surface area (Å²) in [7, 11) is 0. The molecule has 1 saturated heterocycles. The second kappa shape index (κ2) is 6.96. The van der Waals surface area contributed by atoms with E-state index in [1.165, 1.54) is 35.4 Å². The smallest absolute Gasteiger partial charge is 0.0594 e. The molecule has 1 fully saturated rings. The summed E-state index contributed by atoms with van der Waals surface area (Å²) in [5.74, 6) is 0. The van der Waals surface area contributed by atoms with Crippen molar-refractivity contribution in [1.29, 1.82) is 0 Å². The van der Waals surface area contributed by atoms with Gasteiger partial charge in [0.1, 0.15) is 0 Å². The number of benzene rings is 1. The van der Waals surface area contributed by atoms with Crippen molar-refractivity contribution in [3.63, 3.8) is 0 Å². The first-order valence-electron chi connectivity index (χ1n) is 9.06.